The first-order valence-corrected chi connectivity index (χ1v) is 11.2. The van der Waals surface area contributed by atoms with Crippen LogP contribution in [0.4, 0.5) is 10.5 Å². The van der Waals surface area contributed by atoms with Crippen molar-refractivity contribution in [3.63, 3.8) is 0 Å². The minimum Gasteiger partial charge on any atom is -0.443 e. The molecule has 1 N–H and O–H groups in total. The molecule has 0 bridgehead atoms. The zero-order valence-corrected chi connectivity index (χ0v) is 20.6. The SMILES string of the molecule is Cc1cccc(CC(C)C)c1CN(NC(=O)OC(C)(C)C)c1cccn2c(C)c(C)nc12. The summed E-state index contributed by atoms with van der Waals surface area (Å²) in [5.74, 6) is 0.531. The molecule has 2 heterocycles. The zero-order chi connectivity index (χ0) is 23.6. The molecule has 0 fully saturated rings. The van der Waals surface area contributed by atoms with Gasteiger partial charge in [-0.25, -0.2) is 15.2 Å². The van der Waals surface area contributed by atoms with Crippen LogP contribution in [0.5, 0.6) is 0 Å². The second-order valence-electron chi connectivity index (χ2n) is 9.88. The molecule has 2 aromatic heterocycles. The number of anilines is 1. The third kappa shape index (κ3) is 5.42. The van der Waals surface area contributed by atoms with Crippen LogP contribution in [0, 0.1) is 26.7 Å². The van der Waals surface area contributed by atoms with Crippen LogP contribution in [0.2, 0.25) is 0 Å². The number of carbonyl (C=O) groups is 1. The predicted octanol–water partition coefficient (Wildman–Crippen LogP) is 5.90. The lowest BCUT2D eigenvalue weighted by Crippen LogP contribution is -2.45. The summed E-state index contributed by atoms with van der Waals surface area (Å²) in [6.45, 7) is 16.7. The van der Waals surface area contributed by atoms with Crippen LogP contribution in [0.1, 0.15) is 62.7 Å². The summed E-state index contributed by atoms with van der Waals surface area (Å²) in [7, 11) is 0. The Labute approximate surface area is 191 Å². The number of ether oxygens (including phenoxy) is 1. The van der Waals surface area contributed by atoms with Gasteiger partial charge in [0, 0.05) is 11.9 Å². The van der Waals surface area contributed by atoms with Crippen LogP contribution in [0.25, 0.3) is 5.65 Å². The minimum absolute atomic E-state index is 0.488. The summed E-state index contributed by atoms with van der Waals surface area (Å²) in [6.07, 6.45) is 2.49. The van der Waals surface area contributed by atoms with Gasteiger partial charge in [-0.1, -0.05) is 32.0 Å². The predicted molar refractivity (Wildman–Crippen MR) is 130 cm³/mol. The molecule has 0 radical (unpaired) electrons. The zero-order valence-electron chi connectivity index (χ0n) is 20.6. The molecule has 1 amide bonds. The molecule has 0 aliphatic carbocycles. The van der Waals surface area contributed by atoms with Gasteiger partial charge in [0.2, 0.25) is 0 Å². The Kier molecular flexibility index (Phi) is 6.82. The molecule has 172 valence electrons. The molecule has 32 heavy (non-hydrogen) atoms. The number of hydrazine groups is 1. The Hall–Kier alpha value is -3.02. The number of benzene rings is 1. The number of amides is 1. The van der Waals surface area contributed by atoms with Gasteiger partial charge in [0.1, 0.15) is 11.3 Å². The minimum atomic E-state index is -0.590. The molecule has 0 saturated heterocycles. The lowest BCUT2D eigenvalue weighted by Gasteiger charge is -2.29. The Morgan fingerprint density at radius 2 is 1.88 bits per heavy atom. The average molecular weight is 437 g/mol. The highest BCUT2D eigenvalue weighted by Crippen LogP contribution is 2.27. The quantitative estimate of drug-likeness (QED) is 0.489. The number of pyridine rings is 1. The van der Waals surface area contributed by atoms with E-state index in [1.165, 1.54) is 16.7 Å². The number of nitrogens with zero attached hydrogens (tertiary/aromatic N) is 3. The van der Waals surface area contributed by atoms with Gasteiger partial charge in [-0.3, -0.25) is 5.01 Å². The fourth-order valence-corrected chi connectivity index (χ4v) is 3.87. The smallest absolute Gasteiger partial charge is 0.426 e. The van der Waals surface area contributed by atoms with Crippen molar-refractivity contribution in [2.75, 3.05) is 5.01 Å². The Morgan fingerprint density at radius 3 is 2.53 bits per heavy atom. The second kappa shape index (κ2) is 9.23. The van der Waals surface area contributed by atoms with Gasteiger partial charge in [0.25, 0.3) is 0 Å². The molecule has 6 heteroatoms. The molecule has 1 aromatic carbocycles. The molecule has 0 aliphatic heterocycles. The van der Waals surface area contributed by atoms with Crippen molar-refractivity contribution in [2.45, 2.75) is 74.0 Å². The first-order valence-electron chi connectivity index (χ1n) is 11.2. The normalized spacial score (nSPS) is 11.8. The number of aromatic nitrogens is 2. The van der Waals surface area contributed by atoms with E-state index in [4.69, 9.17) is 9.72 Å². The highest BCUT2D eigenvalue weighted by Gasteiger charge is 2.22. The molecule has 3 aromatic rings. The van der Waals surface area contributed by atoms with E-state index in [0.29, 0.717) is 12.5 Å². The number of fused-ring (bicyclic) bond motifs is 1. The number of carbonyl (C=O) groups excluding carboxylic acids is 1. The van der Waals surface area contributed by atoms with E-state index in [-0.39, 0.29) is 0 Å². The van der Waals surface area contributed by atoms with E-state index in [2.05, 4.69) is 48.8 Å². The van der Waals surface area contributed by atoms with Crippen molar-refractivity contribution in [2.24, 2.45) is 5.92 Å². The van der Waals surface area contributed by atoms with Gasteiger partial charge in [-0.05, 0) is 82.7 Å². The lowest BCUT2D eigenvalue weighted by atomic mass is 9.94. The summed E-state index contributed by atoms with van der Waals surface area (Å²) in [4.78, 5) is 17.6. The standard InChI is InChI=1S/C26H36N4O2/c1-17(2)15-21-12-9-11-18(3)22(21)16-30(28-25(31)32-26(6,7)8)23-13-10-14-29-20(5)19(4)27-24(23)29/h9-14,17H,15-16H2,1-8H3,(H,28,31). The fraction of sp³-hybridized carbons (Fsp3) is 0.462. The summed E-state index contributed by atoms with van der Waals surface area (Å²) in [5.41, 5.74) is 9.76. The Morgan fingerprint density at radius 1 is 1.16 bits per heavy atom. The maximum atomic E-state index is 12.8. The van der Waals surface area contributed by atoms with E-state index in [1.54, 1.807) is 0 Å². The molecule has 3 rings (SSSR count). The molecule has 0 atom stereocenters. The van der Waals surface area contributed by atoms with Gasteiger partial charge < -0.3 is 9.14 Å². The van der Waals surface area contributed by atoms with Gasteiger partial charge in [-0.15, -0.1) is 0 Å². The van der Waals surface area contributed by atoms with Crippen molar-refractivity contribution in [1.29, 1.82) is 0 Å². The van der Waals surface area contributed by atoms with Gasteiger partial charge in [0.05, 0.1) is 12.2 Å². The number of hydrogen-bond donors (Lipinski definition) is 1. The average Bonchev–Trinajstić information content (AvgIpc) is 2.96. The van der Waals surface area contributed by atoms with Crippen LogP contribution < -0.4 is 10.4 Å². The third-order valence-electron chi connectivity index (χ3n) is 5.47. The summed E-state index contributed by atoms with van der Waals surface area (Å²) in [5, 5.41) is 1.86. The fourth-order valence-electron chi connectivity index (χ4n) is 3.87. The Balaban J connectivity index is 2.08. The molecule has 6 nitrogen and oxygen atoms in total. The summed E-state index contributed by atoms with van der Waals surface area (Å²) in [6, 6.07) is 10.4. The van der Waals surface area contributed by atoms with Crippen LogP contribution in [-0.4, -0.2) is 21.1 Å². The molecule has 0 unspecified atom stereocenters. The number of aryl methyl sites for hydroxylation is 3. The maximum absolute atomic E-state index is 12.8. The van der Waals surface area contributed by atoms with E-state index in [1.807, 2.05) is 58.0 Å². The van der Waals surface area contributed by atoms with Gasteiger partial charge in [-0.2, -0.15) is 0 Å². The monoisotopic (exact) mass is 436 g/mol. The number of nitrogens with one attached hydrogen (secondary N) is 1. The van der Waals surface area contributed by atoms with Crippen molar-refractivity contribution in [3.05, 3.63) is 64.6 Å². The van der Waals surface area contributed by atoms with Crippen molar-refractivity contribution in [1.82, 2.24) is 14.8 Å². The van der Waals surface area contributed by atoms with Gasteiger partial charge in [0.15, 0.2) is 5.65 Å². The largest absolute Gasteiger partial charge is 0.443 e. The lowest BCUT2D eigenvalue weighted by molar-refractivity contribution is 0.0520. The highest BCUT2D eigenvalue weighted by atomic mass is 16.6. The van der Waals surface area contributed by atoms with Crippen LogP contribution >= 0.6 is 0 Å². The topological polar surface area (TPSA) is 58.9 Å². The number of rotatable bonds is 6. The van der Waals surface area contributed by atoms with E-state index >= 15 is 0 Å². The Bertz CT molecular complexity index is 1110. The van der Waals surface area contributed by atoms with Gasteiger partial charge >= 0.3 is 6.09 Å². The summed E-state index contributed by atoms with van der Waals surface area (Å²) < 4.78 is 7.63. The first kappa shape index (κ1) is 23.6. The molecule has 0 aliphatic rings. The second-order valence-corrected chi connectivity index (χ2v) is 9.88. The van der Waals surface area contributed by atoms with E-state index in [9.17, 15) is 4.79 Å². The van der Waals surface area contributed by atoms with Crippen molar-refractivity contribution in [3.8, 4) is 0 Å². The molecule has 0 saturated carbocycles. The van der Waals surface area contributed by atoms with Crippen molar-refractivity contribution >= 4 is 17.4 Å². The molecule has 0 spiro atoms. The van der Waals surface area contributed by atoms with Crippen LogP contribution in [-0.2, 0) is 17.7 Å². The summed E-state index contributed by atoms with van der Waals surface area (Å²) >= 11 is 0. The maximum Gasteiger partial charge on any atom is 0.426 e. The molecular formula is C26H36N4O2. The van der Waals surface area contributed by atoms with E-state index in [0.717, 1.165) is 29.1 Å². The third-order valence-corrected chi connectivity index (χ3v) is 5.47. The first-order chi connectivity index (χ1) is 15.0. The van der Waals surface area contributed by atoms with Crippen LogP contribution in [0.3, 0.4) is 0 Å². The van der Waals surface area contributed by atoms with E-state index < -0.39 is 11.7 Å². The van der Waals surface area contributed by atoms with Crippen LogP contribution in [0.15, 0.2) is 36.5 Å². The number of imidazole rings is 1. The number of hydrogen-bond acceptors (Lipinski definition) is 4. The van der Waals surface area contributed by atoms with Crippen molar-refractivity contribution < 1.29 is 9.53 Å². The highest BCUT2D eigenvalue weighted by molar-refractivity contribution is 5.76. The molecular weight excluding hydrogens is 400 g/mol.